The highest BCUT2D eigenvalue weighted by molar-refractivity contribution is 5.90. The molecule has 0 atom stereocenters. The molecule has 1 amide bonds. The SMILES string of the molecule is COCCNC(=O)c1nnc2n1CC1(CC2)CCN(Cc2ccccn2)CC1. The molecule has 28 heavy (non-hydrogen) atoms. The lowest BCUT2D eigenvalue weighted by Gasteiger charge is -2.44. The van der Waals surface area contributed by atoms with Crippen molar-refractivity contribution in [1.29, 1.82) is 0 Å². The molecule has 1 spiro atoms. The van der Waals surface area contributed by atoms with E-state index in [0.717, 1.165) is 63.4 Å². The van der Waals surface area contributed by atoms with E-state index in [2.05, 4.69) is 31.5 Å². The molecule has 8 nitrogen and oxygen atoms in total. The number of pyridine rings is 1. The van der Waals surface area contributed by atoms with Crippen LogP contribution in [-0.4, -0.2) is 63.9 Å². The summed E-state index contributed by atoms with van der Waals surface area (Å²) in [6.45, 7) is 4.82. The Bertz CT molecular complexity index is 798. The fraction of sp³-hybridized carbons (Fsp3) is 0.600. The van der Waals surface area contributed by atoms with E-state index < -0.39 is 0 Å². The number of piperidine rings is 1. The number of ether oxygens (including phenoxy) is 1. The van der Waals surface area contributed by atoms with Crippen LogP contribution in [0.2, 0.25) is 0 Å². The zero-order chi connectivity index (χ0) is 19.4. The first kappa shape index (κ1) is 19.0. The lowest BCUT2D eigenvalue weighted by molar-refractivity contribution is 0.0611. The number of aromatic nitrogens is 4. The number of methoxy groups -OCH3 is 1. The number of hydrogen-bond donors (Lipinski definition) is 1. The average molecular weight is 384 g/mol. The van der Waals surface area contributed by atoms with Gasteiger partial charge < -0.3 is 14.6 Å². The van der Waals surface area contributed by atoms with E-state index in [-0.39, 0.29) is 11.3 Å². The Labute approximate surface area is 165 Å². The average Bonchev–Trinajstić information content (AvgIpc) is 3.14. The first-order valence-electron chi connectivity index (χ1n) is 10.0. The molecule has 0 aliphatic carbocycles. The number of hydrogen-bond acceptors (Lipinski definition) is 6. The molecule has 0 saturated carbocycles. The highest BCUT2D eigenvalue weighted by atomic mass is 16.5. The summed E-state index contributed by atoms with van der Waals surface area (Å²) >= 11 is 0. The van der Waals surface area contributed by atoms with Crippen LogP contribution in [0.15, 0.2) is 24.4 Å². The van der Waals surface area contributed by atoms with Crippen LogP contribution in [-0.2, 0) is 24.2 Å². The Hall–Kier alpha value is -2.32. The van der Waals surface area contributed by atoms with E-state index in [1.165, 1.54) is 0 Å². The number of likely N-dealkylation sites (tertiary alicyclic amines) is 1. The fourth-order valence-corrected chi connectivity index (χ4v) is 4.31. The first-order chi connectivity index (χ1) is 13.7. The highest BCUT2D eigenvalue weighted by Crippen LogP contribution is 2.41. The van der Waals surface area contributed by atoms with Gasteiger partial charge in [0.1, 0.15) is 5.82 Å². The molecule has 2 aliphatic rings. The maximum absolute atomic E-state index is 12.5. The van der Waals surface area contributed by atoms with Crippen molar-refractivity contribution in [2.45, 2.75) is 38.8 Å². The van der Waals surface area contributed by atoms with E-state index in [9.17, 15) is 4.79 Å². The van der Waals surface area contributed by atoms with Gasteiger partial charge >= 0.3 is 0 Å². The van der Waals surface area contributed by atoms with Gasteiger partial charge in [-0.2, -0.15) is 0 Å². The Morgan fingerprint density at radius 1 is 1.25 bits per heavy atom. The van der Waals surface area contributed by atoms with Crippen LogP contribution in [0.4, 0.5) is 0 Å². The van der Waals surface area contributed by atoms with Gasteiger partial charge in [-0.3, -0.25) is 14.7 Å². The summed E-state index contributed by atoms with van der Waals surface area (Å²) in [6, 6.07) is 6.08. The highest BCUT2D eigenvalue weighted by Gasteiger charge is 2.39. The predicted octanol–water partition coefficient (Wildman–Crippen LogP) is 1.28. The van der Waals surface area contributed by atoms with Crippen molar-refractivity contribution in [2.75, 3.05) is 33.4 Å². The second-order valence-corrected chi connectivity index (χ2v) is 7.87. The number of rotatable bonds is 6. The number of carbonyl (C=O) groups excluding carboxylic acids is 1. The molecule has 1 saturated heterocycles. The largest absolute Gasteiger partial charge is 0.383 e. The summed E-state index contributed by atoms with van der Waals surface area (Å²) < 4.78 is 7.04. The van der Waals surface area contributed by atoms with E-state index in [4.69, 9.17) is 4.74 Å². The monoisotopic (exact) mass is 384 g/mol. The molecule has 2 aromatic rings. The number of nitrogens with one attached hydrogen (secondary N) is 1. The third-order valence-electron chi connectivity index (χ3n) is 6.02. The van der Waals surface area contributed by atoms with Gasteiger partial charge in [-0.1, -0.05) is 6.07 Å². The van der Waals surface area contributed by atoms with Crippen molar-refractivity contribution in [3.63, 3.8) is 0 Å². The second-order valence-electron chi connectivity index (χ2n) is 7.87. The molecule has 2 aliphatic heterocycles. The summed E-state index contributed by atoms with van der Waals surface area (Å²) in [7, 11) is 1.62. The molecule has 8 heteroatoms. The van der Waals surface area contributed by atoms with Gasteiger partial charge in [-0.15, -0.1) is 10.2 Å². The molecular weight excluding hydrogens is 356 g/mol. The summed E-state index contributed by atoms with van der Waals surface area (Å²) in [6.07, 6.45) is 6.12. The summed E-state index contributed by atoms with van der Waals surface area (Å²) in [5, 5.41) is 11.3. The van der Waals surface area contributed by atoms with Gasteiger partial charge in [0.2, 0.25) is 5.82 Å². The Morgan fingerprint density at radius 2 is 2.11 bits per heavy atom. The quantitative estimate of drug-likeness (QED) is 0.755. The minimum Gasteiger partial charge on any atom is -0.383 e. The van der Waals surface area contributed by atoms with E-state index in [0.29, 0.717) is 19.0 Å². The predicted molar refractivity (Wildman–Crippen MR) is 104 cm³/mol. The first-order valence-corrected chi connectivity index (χ1v) is 10.0. The number of aryl methyl sites for hydroxylation is 1. The van der Waals surface area contributed by atoms with Gasteiger partial charge in [-0.05, 0) is 49.9 Å². The minimum atomic E-state index is -0.166. The van der Waals surface area contributed by atoms with Crippen molar-refractivity contribution < 1.29 is 9.53 Å². The van der Waals surface area contributed by atoms with Gasteiger partial charge in [0.05, 0.1) is 12.3 Å². The normalized spacial score (nSPS) is 18.8. The van der Waals surface area contributed by atoms with Crippen molar-refractivity contribution >= 4 is 5.91 Å². The number of nitrogens with zero attached hydrogens (tertiary/aromatic N) is 5. The second kappa shape index (κ2) is 8.36. The summed E-state index contributed by atoms with van der Waals surface area (Å²) in [5.41, 5.74) is 1.36. The lowest BCUT2D eigenvalue weighted by atomic mass is 9.73. The molecule has 4 rings (SSSR count). The number of amides is 1. The maximum Gasteiger partial charge on any atom is 0.289 e. The van der Waals surface area contributed by atoms with Crippen molar-refractivity contribution in [3.05, 3.63) is 41.7 Å². The molecule has 0 bridgehead atoms. The van der Waals surface area contributed by atoms with Crippen LogP contribution in [0.3, 0.4) is 0 Å². The lowest BCUT2D eigenvalue weighted by Crippen LogP contribution is -2.45. The van der Waals surface area contributed by atoms with Crippen LogP contribution in [0.1, 0.15) is 41.4 Å². The molecule has 2 aromatic heterocycles. The molecule has 0 unspecified atom stereocenters. The van der Waals surface area contributed by atoms with Crippen molar-refractivity contribution in [1.82, 2.24) is 30.0 Å². The molecule has 150 valence electrons. The van der Waals surface area contributed by atoms with E-state index in [1.54, 1.807) is 7.11 Å². The van der Waals surface area contributed by atoms with Crippen LogP contribution >= 0.6 is 0 Å². The molecule has 0 radical (unpaired) electrons. The van der Waals surface area contributed by atoms with Crippen LogP contribution in [0.5, 0.6) is 0 Å². The zero-order valence-electron chi connectivity index (χ0n) is 16.4. The van der Waals surface area contributed by atoms with Crippen LogP contribution < -0.4 is 5.32 Å². The Morgan fingerprint density at radius 3 is 2.86 bits per heavy atom. The third kappa shape index (κ3) is 4.07. The topological polar surface area (TPSA) is 85.2 Å². The van der Waals surface area contributed by atoms with Gasteiger partial charge in [0.15, 0.2) is 0 Å². The van der Waals surface area contributed by atoms with Gasteiger partial charge in [0.25, 0.3) is 5.91 Å². The Kier molecular flexibility index (Phi) is 5.68. The number of carbonyl (C=O) groups is 1. The van der Waals surface area contributed by atoms with E-state index in [1.807, 2.05) is 22.9 Å². The van der Waals surface area contributed by atoms with Gasteiger partial charge in [0, 0.05) is 39.4 Å². The van der Waals surface area contributed by atoms with Crippen LogP contribution in [0.25, 0.3) is 0 Å². The summed E-state index contributed by atoms with van der Waals surface area (Å²) in [4.78, 5) is 19.4. The van der Waals surface area contributed by atoms with Crippen molar-refractivity contribution in [2.24, 2.45) is 5.41 Å². The van der Waals surface area contributed by atoms with E-state index >= 15 is 0 Å². The smallest absolute Gasteiger partial charge is 0.289 e. The molecular formula is C20H28N6O2. The zero-order valence-corrected chi connectivity index (χ0v) is 16.4. The molecule has 1 N–H and O–H groups in total. The molecule has 0 aromatic carbocycles. The standard InChI is InChI=1S/C20H28N6O2/c1-28-13-10-22-19(27)18-24-23-17-5-6-20(15-26(17)18)7-11-25(12-8-20)14-16-4-2-3-9-21-16/h2-4,9H,5-8,10-15H2,1H3,(H,22,27). The van der Waals surface area contributed by atoms with Gasteiger partial charge in [-0.25, -0.2) is 0 Å². The molecule has 4 heterocycles. The molecule has 1 fully saturated rings. The minimum absolute atomic E-state index is 0.166. The summed E-state index contributed by atoms with van der Waals surface area (Å²) in [5.74, 6) is 1.19. The number of fused-ring (bicyclic) bond motifs is 1. The third-order valence-corrected chi connectivity index (χ3v) is 6.02. The van der Waals surface area contributed by atoms with Crippen molar-refractivity contribution in [3.8, 4) is 0 Å². The fourth-order valence-electron chi connectivity index (χ4n) is 4.31. The maximum atomic E-state index is 12.5. The van der Waals surface area contributed by atoms with Crippen LogP contribution in [0, 0.1) is 5.41 Å². The Balaban J connectivity index is 1.38.